The van der Waals surface area contributed by atoms with E-state index in [-0.39, 0.29) is 12.9 Å². The van der Waals surface area contributed by atoms with Crippen LogP contribution in [-0.2, 0) is 9.47 Å². The highest BCUT2D eigenvalue weighted by Gasteiger charge is 2.29. The van der Waals surface area contributed by atoms with Crippen LogP contribution >= 0.6 is 22.7 Å². The van der Waals surface area contributed by atoms with Crippen molar-refractivity contribution in [1.29, 1.82) is 0 Å². The predicted octanol–water partition coefficient (Wildman–Crippen LogP) is 5.55. The van der Waals surface area contributed by atoms with E-state index in [1.807, 2.05) is 39.8 Å². The van der Waals surface area contributed by atoms with E-state index in [0.29, 0.717) is 19.1 Å². The van der Waals surface area contributed by atoms with Gasteiger partial charge in [-0.2, -0.15) is 0 Å². The third-order valence-corrected chi connectivity index (χ3v) is 7.78. The highest BCUT2D eigenvalue weighted by Crippen LogP contribution is 2.40. The molecule has 1 saturated heterocycles. The molecular weight excluding hydrogens is 472 g/mol. The molecule has 3 heterocycles. The van der Waals surface area contributed by atoms with E-state index in [9.17, 15) is 4.79 Å². The number of aryl methyl sites for hydroxylation is 1. The second kappa shape index (κ2) is 10.1. The Morgan fingerprint density at radius 1 is 1.18 bits per heavy atom. The van der Waals surface area contributed by atoms with Crippen LogP contribution in [0.3, 0.4) is 0 Å². The molecule has 10 heteroatoms. The Balaban J connectivity index is 1.44. The average Bonchev–Trinajstić information content (AvgIpc) is 3.35. The molecule has 0 bridgehead atoms. The van der Waals surface area contributed by atoms with Crippen molar-refractivity contribution in [3.63, 3.8) is 0 Å². The molecule has 1 fully saturated rings. The van der Waals surface area contributed by atoms with E-state index in [1.165, 1.54) is 0 Å². The molecule has 3 aromatic rings. The SMILES string of the molecule is COCOc1cc(C)ccc1-c1nc2sc(N(C)C3CCN(C(=O)OC(C)(C)C)CC3)nc2s1. The highest BCUT2D eigenvalue weighted by molar-refractivity contribution is 7.29. The number of anilines is 1. The number of carbonyl (C=O) groups is 1. The summed E-state index contributed by atoms with van der Waals surface area (Å²) in [5, 5.41) is 1.84. The number of hydrogen-bond acceptors (Lipinski definition) is 9. The number of likely N-dealkylation sites (tertiary alicyclic amines) is 1. The molecule has 1 aliphatic heterocycles. The molecule has 0 aliphatic carbocycles. The summed E-state index contributed by atoms with van der Waals surface area (Å²) in [5.74, 6) is 0.761. The van der Waals surface area contributed by atoms with Crippen molar-refractivity contribution in [2.75, 3.05) is 38.9 Å². The van der Waals surface area contributed by atoms with E-state index in [0.717, 1.165) is 49.5 Å². The molecule has 0 N–H and O–H groups in total. The number of hydrogen-bond donors (Lipinski definition) is 0. The lowest BCUT2D eigenvalue weighted by Gasteiger charge is -2.37. The number of fused-ring (bicyclic) bond motifs is 1. The monoisotopic (exact) mass is 504 g/mol. The number of rotatable bonds is 6. The molecule has 184 valence electrons. The average molecular weight is 505 g/mol. The largest absolute Gasteiger partial charge is 0.467 e. The van der Waals surface area contributed by atoms with Crippen molar-refractivity contribution >= 4 is 43.6 Å². The molecule has 8 nitrogen and oxygen atoms in total. The van der Waals surface area contributed by atoms with E-state index in [4.69, 9.17) is 24.2 Å². The molecule has 1 aromatic carbocycles. The lowest BCUT2D eigenvalue weighted by molar-refractivity contribution is 0.0205. The third-order valence-electron chi connectivity index (χ3n) is 5.63. The third kappa shape index (κ3) is 5.61. The number of piperidine rings is 1. The smallest absolute Gasteiger partial charge is 0.410 e. The summed E-state index contributed by atoms with van der Waals surface area (Å²) in [6, 6.07) is 6.42. The first-order chi connectivity index (χ1) is 16.1. The Morgan fingerprint density at radius 3 is 2.53 bits per heavy atom. The fourth-order valence-electron chi connectivity index (χ4n) is 3.86. The highest BCUT2D eigenvalue weighted by atomic mass is 32.1. The second-order valence-corrected chi connectivity index (χ2v) is 11.4. The lowest BCUT2D eigenvalue weighted by atomic mass is 10.0. The van der Waals surface area contributed by atoms with Crippen molar-refractivity contribution < 1.29 is 19.0 Å². The molecule has 0 spiro atoms. The molecule has 34 heavy (non-hydrogen) atoms. The minimum atomic E-state index is -0.474. The number of ether oxygens (including phenoxy) is 3. The van der Waals surface area contributed by atoms with Crippen molar-refractivity contribution in [2.45, 2.75) is 52.2 Å². The van der Waals surface area contributed by atoms with Crippen LogP contribution in [-0.4, -0.2) is 66.6 Å². The number of nitrogens with zero attached hydrogens (tertiary/aromatic N) is 4. The van der Waals surface area contributed by atoms with Gasteiger partial charge < -0.3 is 24.0 Å². The fourth-order valence-corrected chi connectivity index (χ4v) is 5.97. The number of benzene rings is 1. The van der Waals surface area contributed by atoms with Gasteiger partial charge in [-0.3, -0.25) is 0 Å². The maximum absolute atomic E-state index is 12.3. The van der Waals surface area contributed by atoms with Crippen molar-refractivity contribution in [2.24, 2.45) is 0 Å². The first-order valence-electron chi connectivity index (χ1n) is 11.4. The van der Waals surface area contributed by atoms with Gasteiger partial charge in [0.1, 0.15) is 16.4 Å². The van der Waals surface area contributed by atoms with Crippen molar-refractivity contribution in [3.05, 3.63) is 23.8 Å². The summed E-state index contributed by atoms with van der Waals surface area (Å²) in [6.07, 6.45) is 1.53. The van der Waals surface area contributed by atoms with Crippen LogP contribution in [0.25, 0.3) is 20.2 Å². The molecule has 2 aromatic heterocycles. The first kappa shape index (κ1) is 24.7. The Bertz CT molecular complexity index is 1110. The Morgan fingerprint density at radius 2 is 1.88 bits per heavy atom. The van der Waals surface area contributed by atoms with Gasteiger partial charge in [0, 0.05) is 33.3 Å². The zero-order valence-electron chi connectivity index (χ0n) is 20.6. The van der Waals surface area contributed by atoms with Gasteiger partial charge in [-0.15, -0.1) is 0 Å². The summed E-state index contributed by atoms with van der Waals surface area (Å²) in [5.41, 5.74) is 1.59. The molecule has 1 aliphatic rings. The van der Waals surface area contributed by atoms with E-state index < -0.39 is 5.60 Å². The molecule has 1 amide bonds. The lowest BCUT2D eigenvalue weighted by Crippen LogP contribution is -2.47. The minimum absolute atomic E-state index is 0.191. The van der Waals surface area contributed by atoms with Gasteiger partial charge >= 0.3 is 6.09 Å². The number of carbonyl (C=O) groups excluding carboxylic acids is 1. The molecule has 0 radical (unpaired) electrons. The number of thiazole rings is 2. The predicted molar refractivity (Wildman–Crippen MR) is 137 cm³/mol. The van der Waals surface area contributed by atoms with E-state index in [2.05, 4.69) is 18.0 Å². The van der Waals surface area contributed by atoms with Crippen LogP contribution in [0.5, 0.6) is 5.75 Å². The van der Waals surface area contributed by atoms with Crippen LogP contribution in [0.1, 0.15) is 39.2 Å². The van der Waals surface area contributed by atoms with Crippen molar-refractivity contribution in [1.82, 2.24) is 14.9 Å². The minimum Gasteiger partial charge on any atom is -0.467 e. The van der Waals surface area contributed by atoms with Crippen molar-refractivity contribution in [3.8, 4) is 16.3 Å². The van der Waals surface area contributed by atoms with Gasteiger partial charge in [-0.1, -0.05) is 28.7 Å². The fraction of sp³-hybridized carbons (Fsp3) is 0.542. The first-order valence-corrected chi connectivity index (χ1v) is 13.0. The summed E-state index contributed by atoms with van der Waals surface area (Å²) in [7, 11) is 3.69. The van der Waals surface area contributed by atoms with Crippen LogP contribution in [0.15, 0.2) is 18.2 Å². The van der Waals surface area contributed by atoms with Gasteiger partial charge in [-0.05, 0) is 58.2 Å². The van der Waals surface area contributed by atoms with Crippen LogP contribution in [0.4, 0.5) is 9.93 Å². The second-order valence-electron chi connectivity index (χ2n) is 9.49. The number of aromatic nitrogens is 2. The molecule has 0 atom stereocenters. The normalized spacial score (nSPS) is 15.1. The standard InChI is InChI=1S/C24H32N4O4S2/c1-15-7-8-17(18(13-15)31-14-30-6)19-25-20-21(33-19)26-22(34-20)27(5)16-9-11-28(12-10-16)23(29)32-24(2,3)4/h7-8,13,16H,9-12,14H2,1-6H3. The maximum Gasteiger partial charge on any atom is 0.410 e. The zero-order chi connectivity index (χ0) is 24.5. The van der Waals surface area contributed by atoms with Gasteiger partial charge in [-0.25, -0.2) is 14.8 Å². The Kier molecular flexibility index (Phi) is 7.30. The summed E-state index contributed by atoms with van der Waals surface area (Å²) in [4.78, 5) is 28.0. The Labute approximate surface area is 208 Å². The molecule has 4 rings (SSSR count). The van der Waals surface area contributed by atoms with Crippen LogP contribution in [0.2, 0.25) is 0 Å². The van der Waals surface area contributed by atoms with E-state index >= 15 is 0 Å². The summed E-state index contributed by atoms with van der Waals surface area (Å²) >= 11 is 3.17. The summed E-state index contributed by atoms with van der Waals surface area (Å²) < 4.78 is 16.4. The van der Waals surface area contributed by atoms with Gasteiger partial charge in [0.15, 0.2) is 21.6 Å². The topological polar surface area (TPSA) is 77.0 Å². The quantitative estimate of drug-likeness (QED) is 0.408. The maximum atomic E-state index is 12.3. The van der Waals surface area contributed by atoms with Crippen LogP contribution in [0, 0.1) is 6.92 Å². The van der Waals surface area contributed by atoms with Gasteiger partial charge in [0.25, 0.3) is 0 Å². The van der Waals surface area contributed by atoms with E-state index in [1.54, 1.807) is 34.7 Å². The number of amides is 1. The molecular formula is C24H32N4O4S2. The molecule has 0 saturated carbocycles. The van der Waals surface area contributed by atoms with Gasteiger partial charge in [0.05, 0.1) is 5.56 Å². The van der Waals surface area contributed by atoms with Gasteiger partial charge in [0.2, 0.25) is 0 Å². The summed E-state index contributed by atoms with van der Waals surface area (Å²) in [6.45, 7) is 9.27. The molecule has 0 unspecified atom stereocenters. The zero-order valence-corrected chi connectivity index (χ0v) is 22.2. The van der Waals surface area contributed by atoms with Crippen LogP contribution < -0.4 is 9.64 Å². The number of methoxy groups -OCH3 is 1. The Hall–Kier alpha value is -2.43.